The summed E-state index contributed by atoms with van der Waals surface area (Å²) in [6, 6.07) is 4.05. The van der Waals surface area contributed by atoms with Crippen LogP contribution in [0, 0.1) is 26.6 Å². The lowest BCUT2D eigenvalue weighted by atomic mass is 10.00. The summed E-state index contributed by atoms with van der Waals surface area (Å²) < 4.78 is 18.4. The van der Waals surface area contributed by atoms with E-state index >= 15 is 0 Å². The van der Waals surface area contributed by atoms with Gasteiger partial charge in [-0.05, 0) is 38.5 Å². The predicted octanol–water partition coefficient (Wildman–Crippen LogP) is 4.42. The average molecular weight is 281 g/mol. The van der Waals surface area contributed by atoms with Gasteiger partial charge in [0, 0.05) is 17.0 Å². The Labute approximate surface area is 116 Å². The highest BCUT2D eigenvalue weighted by Crippen LogP contribution is 2.24. The topological polar surface area (TPSA) is 30.2 Å². The van der Waals surface area contributed by atoms with Gasteiger partial charge in [0.15, 0.2) is 5.78 Å². The number of hydrogen-bond acceptors (Lipinski definition) is 2. The van der Waals surface area contributed by atoms with Crippen molar-refractivity contribution in [3.8, 4) is 0 Å². The highest BCUT2D eigenvalue weighted by Gasteiger charge is 2.19. The number of halogens is 2. The van der Waals surface area contributed by atoms with E-state index in [9.17, 15) is 9.18 Å². The lowest BCUT2D eigenvalue weighted by Crippen LogP contribution is -2.06. The molecule has 0 saturated carbocycles. The number of carbonyl (C=O) groups excluding carboxylic acids is 1. The summed E-state index contributed by atoms with van der Waals surface area (Å²) in [5.41, 5.74) is 2.06. The zero-order valence-corrected chi connectivity index (χ0v) is 11.8. The van der Waals surface area contributed by atoms with Crippen LogP contribution in [0.25, 0.3) is 0 Å². The molecule has 0 unspecified atom stereocenters. The molecule has 2 nitrogen and oxygen atoms in total. The molecule has 1 heterocycles. The van der Waals surface area contributed by atoms with Crippen LogP contribution in [0.1, 0.15) is 33.0 Å². The van der Waals surface area contributed by atoms with Crippen molar-refractivity contribution in [1.29, 1.82) is 0 Å². The maximum absolute atomic E-state index is 13.0. The first-order valence-corrected chi connectivity index (χ1v) is 6.31. The normalized spacial score (nSPS) is 10.8. The molecule has 19 heavy (non-hydrogen) atoms. The number of Topliss-reactive ketones (excluding diaryl/α,β-unsaturated/α-hetero) is 1. The van der Waals surface area contributed by atoms with Gasteiger partial charge < -0.3 is 4.42 Å². The van der Waals surface area contributed by atoms with Crippen molar-refractivity contribution in [2.45, 2.75) is 27.2 Å². The van der Waals surface area contributed by atoms with Crippen LogP contribution >= 0.6 is 11.6 Å². The fourth-order valence-corrected chi connectivity index (χ4v) is 2.36. The van der Waals surface area contributed by atoms with E-state index in [-0.39, 0.29) is 17.2 Å². The van der Waals surface area contributed by atoms with Gasteiger partial charge in [0.2, 0.25) is 0 Å². The van der Waals surface area contributed by atoms with Crippen LogP contribution in [0.3, 0.4) is 0 Å². The van der Waals surface area contributed by atoms with Crippen LogP contribution in [-0.2, 0) is 6.42 Å². The SMILES string of the molecule is Cc1oc(C)c(C(=O)Cc2ccc(F)cc2Cl)c1C. The van der Waals surface area contributed by atoms with Gasteiger partial charge in [-0.1, -0.05) is 17.7 Å². The van der Waals surface area contributed by atoms with Crippen LogP contribution in [0.5, 0.6) is 0 Å². The van der Waals surface area contributed by atoms with Crippen molar-refractivity contribution in [2.75, 3.05) is 0 Å². The molecule has 4 heteroatoms. The van der Waals surface area contributed by atoms with Crippen LogP contribution in [0.4, 0.5) is 4.39 Å². The van der Waals surface area contributed by atoms with E-state index in [1.807, 2.05) is 13.8 Å². The predicted molar refractivity (Wildman–Crippen MR) is 72.4 cm³/mol. The Bertz CT molecular complexity index is 644. The Balaban J connectivity index is 2.31. The highest BCUT2D eigenvalue weighted by molar-refractivity contribution is 6.31. The van der Waals surface area contributed by atoms with Crippen molar-refractivity contribution >= 4 is 17.4 Å². The van der Waals surface area contributed by atoms with Gasteiger partial charge in [-0.15, -0.1) is 0 Å². The number of hydrogen-bond donors (Lipinski definition) is 0. The lowest BCUT2D eigenvalue weighted by Gasteiger charge is -2.04. The van der Waals surface area contributed by atoms with Crippen LogP contribution in [0.2, 0.25) is 5.02 Å². The van der Waals surface area contributed by atoms with Crippen molar-refractivity contribution < 1.29 is 13.6 Å². The van der Waals surface area contributed by atoms with E-state index in [0.29, 0.717) is 16.9 Å². The minimum absolute atomic E-state index is 0.0691. The van der Waals surface area contributed by atoms with Crippen LogP contribution in [0.15, 0.2) is 22.6 Å². The molecule has 1 aromatic heterocycles. The molecular formula is C15H14ClFO2. The Hall–Kier alpha value is -1.61. The number of ketones is 1. The molecule has 0 aliphatic heterocycles. The second-order valence-corrected chi connectivity index (χ2v) is 4.96. The Kier molecular flexibility index (Phi) is 3.76. The first kappa shape index (κ1) is 13.8. The molecule has 0 aliphatic carbocycles. The highest BCUT2D eigenvalue weighted by atomic mass is 35.5. The summed E-state index contributed by atoms with van der Waals surface area (Å²) >= 11 is 5.93. The number of carbonyl (C=O) groups is 1. The standard InChI is InChI=1S/C15H14ClFO2/c1-8-9(2)19-10(3)15(8)14(18)6-11-4-5-12(17)7-13(11)16/h4-5,7H,6H2,1-3H3. The Morgan fingerprint density at radius 1 is 1.26 bits per heavy atom. The fraction of sp³-hybridized carbons (Fsp3) is 0.267. The molecule has 1 aromatic carbocycles. The third kappa shape index (κ3) is 2.71. The molecule has 0 N–H and O–H groups in total. The summed E-state index contributed by atoms with van der Waals surface area (Å²) in [5.74, 6) is 0.873. The maximum Gasteiger partial charge on any atom is 0.171 e. The summed E-state index contributed by atoms with van der Waals surface area (Å²) in [6.45, 7) is 5.44. The van der Waals surface area contributed by atoms with E-state index in [2.05, 4.69) is 0 Å². The van der Waals surface area contributed by atoms with Gasteiger partial charge in [-0.3, -0.25) is 4.79 Å². The monoisotopic (exact) mass is 280 g/mol. The van der Waals surface area contributed by atoms with Crippen molar-refractivity contribution in [3.05, 3.63) is 57.2 Å². The molecule has 2 rings (SSSR count). The van der Waals surface area contributed by atoms with E-state index in [0.717, 1.165) is 11.3 Å². The molecule has 0 spiro atoms. The van der Waals surface area contributed by atoms with Gasteiger partial charge in [-0.2, -0.15) is 0 Å². The van der Waals surface area contributed by atoms with Crippen molar-refractivity contribution in [1.82, 2.24) is 0 Å². The number of rotatable bonds is 3. The number of furan rings is 1. The van der Waals surface area contributed by atoms with Crippen molar-refractivity contribution in [2.24, 2.45) is 0 Å². The lowest BCUT2D eigenvalue weighted by molar-refractivity contribution is 0.0991. The summed E-state index contributed by atoms with van der Waals surface area (Å²) in [5, 5.41) is 0.267. The molecule has 0 fully saturated rings. The van der Waals surface area contributed by atoms with Gasteiger partial charge in [0.05, 0.1) is 5.56 Å². The van der Waals surface area contributed by atoms with Crippen LogP contribution < -0.4 is 0 Å². The fourth-order valence-electron chi connectivity index (χ4n) is 2.13. The molecule has 0 radical (unpaired) electrons. The van der Waals surface area contributed by atoms with Gasteiger partial charge in [0.1, 0.15) is 17.3 Å². The number of aryl methyl sites for hydroxylation is 2. The third-order valence-electron chi connectivity index (χ3n) is 3.21. The van der Waals surface area contributed by atoms with E-state index < -0.39 is 5.82 Å². The maximum atomic E-state index is 13.0. The summed E-state index contributed by atoms with van der Waals surface area (Å²) in [7, 11) is 0. The third-order valence-corrected chi connectivity index (χ3v) is 3.56. The largest absolute Gasteiger partial charge is 0.466 e. The minimum atomic E-state index is -0.410. The molecule has 2 aromatic rings. The van der Waals surface area contributed by atoms with Crippen molar-refractivity contribution in [3.63, 3.8) is 0 Å². The van der Waals surface area contributed by atoms with E-state index in [4.69, 9.17) is 16.0 Å². The molecule has 0 saturated heterocycles. The molecule has 100 valence electrons. The second kappa shape index (κ2) is 5.17. The molecule has 0 aliphatic rings. The molecule has 0 bridgehead atoms. The average Bonchev–Trinajstić information content (AvgIpc) is 2.57. The Morgan fingerprint density at radius 3 is 2.47 bits per heavy atom. The van der Waals surface area contributed by atoms with Gasteiger partial charge in [0.25, 0.3) is 0 Å². The van der Waals surface area contributed by atoms with E-state index in [1.165, 1.54) is 18.2 Å². The van der Waals surface area contributed by atoms with E-state index in [1.54, 1.807) is 6.92 Å². The van der Waals surface area contributed by atoms with Crippen LogP contribution in [-0.4, -0.2) is 5.78 Å². The zero-order valence-electron chi connectivity index (χ0n) is 11.0. The van der Waals surface area contributed by atoms with Gasteiger partial charge >= 0.3 is 0 Å². The summed E-state index contributed by atoms with van der Waals surface area (Å²) in [4.78, 5) is 12.3. The number of benzene rings is 1. The minimum Gasteiger partial charge on any atom is -0.466 e. The quantitative estimate of drug-likeness (QED) is 0.779. The molecule has 0 amide bonds. The smallest absolute Gasteiger partial charge is 0.171 e. The zero-order chi connectivity index (χ0) is 14.2. The van der Waals surface area contributed by atoms with Gasteiger partial charge in [-0.25, -0.2) is 4.39 Å². The molecular weight excluding hydrogens is 267 g/mol. The first-order chi connectivity index (χ1) is 8.90. The second-order valence-electron chi connectivity index (χ2n) is 4.55. The Morgan fingerprint density at radius 2 is 1.95 bits per heavy atom. The summed E-state index contributed by atoms with van der Waals surface area (Å²) in [6.07, 6.45) is 0.139. The molecule has 0 atom stereocenters. The first-order valence-electron chi connectivity index (χ1n) is 5.94.